The fourth-order valence-electron chi connectivity index (χ4n) is 1.66. The van der Waals surface area contributed by atoms with E-state index in [1.54, 1.807) is 0 Å². The second-order valence-electron chi connectivity index (χ2n) is 3.91. The van der Waals surface area contributed by atoms with Gasteiger partial charge in [0.1, 0.15) is 13.2 Å². The summed E-state index contributed by atoms with van der Waals surface area (Å²) in [5.41, 5.74) is 0.0531. The number of rotatable bonds is 7. The summed E-state index contributed by atoms with van der Waals surface area (Å²) in [7, 11) is 4.07. The first-order chi connectivity index (χ1) is 9.84. The minimum atomic E-state index is -4.48. The number of hydrogen-bond acceptors (Lipinski definition) is 5. The number of halogens is 3. The Morgan fingerprint density at radius 1 is 1.05 bits per heavy atom. The summed E-state index contributed by atoms with van der Waals surface area (Å²) in [6.07, 6.45) is -4.48. The highest BCUT2D eigenvalue weighted by atomic mass is 19.4. The maximum atomic E-state index is 12.0. The number of benzene rings is 1. The third-order valence-electron chi connectivity index (χ3n) is 2.50. The van der Waals surface area contributed by atoms with Crippen molar-refractivity contribution < 1.29 is 36.9 Å². The van der Waals surface area contributed by atoms with Gasteiger partial charge in [0.2, 0.25) is 5.75 Å². The normalized spacial score (nSPS) is 11.1. The van der Waals surface area contributed by atoms with Gasteiger partial charge >= 0.3 is 6.18 Å². The molecule has 118 valence electrons. The molecular weight excluding hydrogens is 293 g/mol. The van der Waals surface area contributed by atoms with Crippen molar-refractivity contribution in [3.63, 3.8) is 0 Å². The molecule has 0 unspecified atom stereocenters. The van der Waals surface area contributed by atoms with Crippen molar-refractivity contribution >= 4 is 5.78 Å². The van der Waals surface area contributed by atoms with Crippen LogP contribution in [-0.2, 0) is 4.74 Å². The minimum absolute atomic E-state index is 0.0531. The summed E-state index contributed by atoms with van der Waals surface area (Å²) in [5.74, 6) is -0.0571. The average Bonchev–Trinajstić information content (AvgIpc) is 2.43. The van der Waals surface area contributed by atoms with Crippen LogP contribution in [0.3, 0.4) is 0 Å². The van der Waals surface area contributed by atoms with E-state index in [0.717, 1.165) is 0 Å². The van der Waals surface area contributed by atoms with Crippen molar-refractivity contribution in [2.24, 2.45) is 0 Å². The van der Waals surface area contributed by atoms with Crippen molar-refractivity contribution in [1.29, 1.82) is 0 Å². The van der Waals surface area contributed by atoms with E-state index in [9.17, 15) is 18.0 Å². The van der Waals surface area contributed by atoms with Crippen molar-refractivity contribution in [3.8, 4) is 17.2 Å². The minimum Gasteiger partial charge on any atom is -0.493 e. The number of Topliss-reactive ketones (excluding diaryl/α,β-unsaturated/α-hetero) is 1. The third-order valence-corrected chi connectivity index (χ3v) is 2.50. The van der Waals surface area contributed by atoms with Crippen LogP contribution in [0, 0.1) is 0 Å². The van der Waals surface area contributed by atoms with Crippen molar-refractivity contribution in [2.45, 2.75) is 6.18 Å². The summed E-state index contributed by atoms with van der Waals surface area (Å²) >= 11 is 0. The van der Waals surface area contributed by atoms with Gasteiger partial charge in [0.05, 0.1) is 26.9 Å². The van der Waals surface area contributed by atoms with E-state index in [4.69, 9.17) is 14.2 Å². The van der Waals surface area contributed by atoms with E-state index in [1.165, 1.54) is 33.5 Å². The largest absolute Gasteiger partial charge is 0.493 e. The molecule has 0 saturated carbocycles. The van der Waals surface area contributed by atoms with Gasteiger partial charge in [-0.05, 0) is 12.1 Å². The Morgan fingerprint density at radius 2 is 1.67 bits per heavy atom. The number of carbonyl (C=O) groups excluding carboxylic acids is 1. The van der Waals surface area contributed by atoms with Crippen LogP contribution in [0.15, 0.2) is 12.1 Å². The molecule has 0 radical (unpaired) electrons. The molecule has 0 atom stereocenters. The molecule has 0 N–H and O–H groups in total. The third kappa shape index (κ3) is 4.52. The van der Waals surface area contributed by atoms with Crippen LogP contribution < -0.4 is 14.2 Å². The molecule has 0 saturated heterocycles. The molecule has 0 aliphatic carbocycles. The van der Waals surface area contributed by atoms with Gasteiger partial charge < -0.3 is 18.9 Å². The lowest BCUT2D eigenvalue weighted by Gasteiger charge is -2.15. The maximum Gasteiger partial charge on any atom is 0.411 e. The zero-order chi connectivity index (χ0) is 16.0. The summed E-state index contributed by atoms with van der Waals surface area (Å²) in [6.45, 7) is -2.21. The molecule has 0 heterocycles. The van der Waals surface area contributed by atoms with E-state index in [-0.39, 0.29) is 17.1 Å². The second-order valence-corrected chi connectivity index (χ2v) is 3.91. The van der Waals surface area contributed by atoms with Crippen LogP contribution in [0.4, 0.5) is 13.2 Å². The van der Waals surface area contributed by atoms with Crippen molar-refractivity contribution in [3.05, 3.63) is 17.7 Å². The fourth-order valence-corrected chi connectivity index (χ4v) is 1.66. The van der Waals surface area contributed by atoms with Gasteiger partial charge in [0, 0.05) is 0 Å². The van der Waals surface area contributed by atoms with Crippen LogP contribution in [0.1, 0.15) is 10.4 Å². The van der Waals surface area contributed by atoms with Gasteiger partial charge in [-0.2, -0.15) is 13.2 Å². The van der Waals surface area contributed by atoms with Crippen LogP contribution >= 0.6 is 0 Å². The highest BCUT2D eigenvalue weighted by Crippen LogP contribution is 2.39. The van der Waals surface area contributed by atoms with E-state index in [2.05, 4.69) is 4.74 Å². The van der Waals surface area contributed by atoms with Crippen LogP contribution in [-0.4, -0.2) is 46.5 Å². The highest BCUT2D eigenvalue weighted by Gasteiger charge is 2.28. The first-order valence-corrected chi connectivity index (χ1v) is 5.80. The number of ether oxygens (including phenoxy) is 4. The molecule has 0 bridgehead atoms. The van der Waals surface area contributed by atoms with Gasteiger partial charge in [-0.25, -0.2) is 0 Å². The molecular formula is C13H15F3O5. The summed E-state index contributed by atoms with van der Waals surface area (Å²) < 4.78 is 55.5. The molecule has 0 aliphatic heterocycles. The standard InChI is InChI=1S/C13H15F3O5/c1-18-10-5-4-8(11(19-2)12(10)20-3)9(17)6-21-7-13(14,15)16/h4-5H,6-7H2,1-3H3. The predicted octanol–water partition coefficient (Wildman–Crippen LogP) is 2.47. The molecule has 0 spiro atoms. The fraction of sp³-hybridized carbons (Fsp3) is 0.462. The maximum absolute atomic E-state index is 12.0. The Balaban J connectivity index is 2.94. The Hall–Kier alpha value is -1.96. The quantitative estimate of drug-likeness (QED) is 0.724. The van der Waals surface area contributed by atoms with Gasteiger partial charge in [0.25, 0.3) is 0 Å². The van der Waals surface area contributed by atoms with Crippen molar-refractivity contribution in [1.82, 2.24) is 0 Å². The summed E-state index contributed by atoms with van der Waals surface area (Å²) in [4.78, 5) is 11.9. The van der Waals surface area contributed by atoms with E-state index >= 15 is 0 Å². The smallest absolute Gasteiger partial charge is 0.411 e. The van der Waals surface area contributed by atoms with Crippen molar-refractivity contribution in [2.75, 3.05) is 34.5 Å². The Kier molecular flexibility index (Phi) is 5.83. The van der Waals surface area contributed by atoms with Gasteiger partial charge in [0.15, 0.2) is 17.3 Å². The molecule has 1 aromatic carbocycles. The van der Waals surface area contributed by atoms with Crippen LogP contribution in [0.2, 0.25) is 0 Å². The lowest BCUT2D eigenvalue weighted by Crippen LogP contribution is -2.20. The van der Waals surface area contributed by atoms with E-state index in [1.807, 2.05) is 0 Å². The summed E-state index contributed by atoms with van der Waals surface area (Å²) in [6, 6.07) is 2.83. The van der Waals surface area contributed by atoms with E-state index < -0.39 is 25.2 Å². The average molecular weight is 308 g/mol. The Morgan fingerprint density at radius 3 is 2.14 bits per heavy atom. The monoisotopic (exact) mass is 308 g/mol. The molecule has 0 amide bonds. The van der Waals surface area contributed by atoms with Gasteiger partial charge in [-0.15, -0.1) is 0 Å². The number of alkyl halides is 3. The van der Waals surface area contributed by atoms with Gasteiger partial charge in [-0.1, -0.05) is 0 Å². The molecule has 5 nitrogen and oxygen atoms in total. The Bertz CT molecular complexity index is 499. The number of carbonyl (C=O) groups is 1. The van der Waals surface area contributed by atoms with Gasteiger partial charge in [-0.3, -0.25) is 4.79 Å². The van der Waals surface area contributed by atoms with E-state index in [0.29, 0.717) is 5.75 Å². The van der Waals surface area contributed by atoms with Crippen LogP contribution in [0.5, 0.6) is 17.2 Å². The topological polar surface area (TPSA) is 54.0 Å². The molecule has 21 heavy (non-hydrogen) atoms. The zero-order valence-corrected chi connectivity index (χ0v) is 11.7. The SMILES string of the molecule is COc1ccc(C(=O)COCC(F)(F)F)c(OC)c1OC. The Labute approximate surface area is 119 Å². The number of ketones is 1. The van der Waals surface area contributed by atoms with Crippen LogP contribution in [0.25, 0.3) is 0 Å². The summed E-state index contributed by atoms with van der Waals surface area (Å²) in [5, 5.41) is 0. The lowest BCUT2D eigenvalue weighted by molar-refractivity contribution is -0.170. The number of hydrogen-bond donors (Lipinski definition) is 0. The molecule has 8 heteroatoms. The second kappa shape index (κ2) is 7.16. The molecule has 0 aromatic heterocycles. The lowest BCUT2D eigenvalue weighted by atomic mass is 10.1. The highest BCUT2D eigenvalue weighted by molar-refractivity contribution is 6.00. The molecule has 1 rings (SSSR count). The molecule has 0 aliphatic rings. The first-order valence-electron chi connectivity index (χ1n) is 5.80. The zero-order valence-electron chi connectivity index (χ0n) is 11.7. The number of methoxy groups -OCH3 is 3. The molecule has 0 fully saturated rings. The first kappa shape index (κ1) is 17.1. The molecule has 1 aromatic rings. The predicted molar refractivity (Wildman–Crippen MR) is 67.3 cm³/mol.